The second-order valence-electron chi connectivity index (χ2n) is 4.69. The van der Waals surface area contributed by atoms with Crippen LogP contribution in [-0.2, 0) is 14.1 Å². The molecule has 21 heavy (non-hydrogen) atoms. The van der Waals surface area contributed by atoms with Crippen molar-refractivity contribution in [2.24, 2.45) is 14.1 Å². The van der Waals surface area contributed by atoms with Crippen molar-refractivity contribution in [1.82, 2.24) is 4.57 Å². The average Bonchev–Trinajstić information content (AvgIpc) is 2.40. The maximum atomic E-state index is 11.9. The Bertz CT molecular complexity index is 751. The molecule has 1 heterocycles. The minimum Gasteiger partial charge on any atom is -1.00 e. The van der Waals surface area contributed by atoms with Crippen molar-refractivity contribution in [2.75, 3.05) is 0 Å². The molecule has 0 saturated heterocycles. The molecule has 0 radical (unpaired) electrons. The average molecular weight is 309 g/mol. The van der Waals surface area contributed by atoms with Gasteiger partial charge < -0.3 is 22.6 Å². The SMILES string of the molecule is Cc1cc(/C=C/c2ccc(O)cc2O)n(C)c(=O)[n+]1C.[Cl-]. The number of hydrogen-bond donors (Lipinski definition) is 2. The van der Waals surface area contributed by atoms with Crippen molar-refractivity contribution in [1.29, 1.82) is 0 Å². The first-order chi connectivity index (χ1) is 9.40. The summed E-state index contributed by atoms with van der Waals surface area (Å²) in [4.78, 5) is 11.9. The third-order valence-electron chi connectivity index (χ3n) is 3.29. The van der Waals surface area contributed by atoms with Crippen LogP contribution in [0.1, 0.15) is 17.0 Å². The number of hydrogen-bond acceptors (Lipinski definition) is 3. The standard InChI is InChI=1S/C15H16N2O3.ClH/c1-10-8-12(17(3)15(20)16(10)2)6-4-11-5-7-13(18)9-14(11)19;/h4-9H,1-3H3,(H,18,19);1H. The normalized spacial score (nSPS) is 10.6. The Hall–Kier alpha value is -2.27. The van der Waals surface area contributed by atoms with Crippen LogP contribution < -0.4 is 22.7 Å². The summed E-state index contributed by atoms with van der Waals surface area (Å²) in [6.07, 6.45) is 3.45. The third kappa shape index (κ3) is 3.44. The molecule has 5 nitrogen and oxygen atoms in total. The van der Waals surface area contributed by atoms with E-state index in [1.54, 1.807) is 36.9 Å². The van der Waals surface area contributed by atoms with E-state index in [1.807, 2.05) is 13.0 Å². The Balaban J connectivity index is 0.00000220. The summed E-state index contributed by atoms with van der Waals surface area (Å²) in [6, 6.07) is 6.26. The van der Waals surface area contributed by atoms with Gasteiger partial charge in [-0.05, 0) is 31.2 Å². The number of aryl methyl sites for hydroxylation is 1. The van der Waals surface area contributed by atoms with Gasteiger partial charge in [0, 0.05) is 17.7 Å². The summed E-state index contributed by atoms with van der Waals surface area (Å²) in [5.74, 6) is -0.000844. The van der Waals surface area contributed by atoms with Crippen molar-refractivity contribution in [2.45, 2.75) is 6.92 Å². The van der Waals surface area contributed by atoms with Crippen molar-refractivity contribution < 1.29 is 27.2 Å². The molecule has 2 aromatic rings. The van der Waals surface area contributed by atoms with E-state index in [9.17, 15) is 15.0 Å². The van der Waals surface area contributed by atoms with Gasteiger partial charge in [0.2, 0.25) is 0 Å². The maximum Gasteiger partial charge on any atom is 0.498 e. The van der Waals surface area contributed by atoms with Gasteiger partial charge in [0.15, 0.2) is 0 Å². The van der Waals surface area contributed by atoms with Gasteiger partial charge in [-0.1, -0.05) is 0 Å². The minimum atomic E-state index is -0.112. The van der Waals surface area contributed by atoms with Crippen molar-refractivity contribution in [3.8, 4) is 11.5 Å². The lowest BCUT2D eigenvalue weighted by atomic mass is 10.1. The van der Waals surface area contributed by atoms with Crippen LogP contribution in [0, 0.1) is 6.92 Å². The molecule has 2 rings (SSSR count). The van der Waals surface area contributed by atoms with Gasteiger partial charge in [0.25, 0.3) is 0 Å². The lowest BCUT2D eigenvalue weighted by Gasteiger charge is -2.02. The molecule has 0 aliphatic rings. The Morgan fingerprint density at radius 3 is 2.48 bits per heavy atom. The number of aromatic hydroxyl groups is 2. The summed E-state index contributed by atoms with van der Waals surface area (Å²) >= 11 is 0. The predicted octanol–water partition coefficient (Wildman–Crippen LogP) is -1.90. The fourth-order valence-electron chi connectivity index (χ4n) is 1.90. The first-order valence-electron chi connectivity index (χ1n) is 6.17. The second kappa shape index (κ2) is 6.45. The predicted molar refractivity (Wildman–Crippen MR) is 76.3 cm³/mol. The Morgan fingerprint density at radius 2 is 1.86 bits per heavy atom. The lowest BCUT2D eigenvalue weighted by molar-refractivity contribution is -0.696. The number of phenolic OH excluding ortho intramolecular Hbond substituents is 2. The monoisotopic (exact) mass is 308 g/mol. The summed E-state index contributed by atoms with van der Waals surface area (Å²) < 4.78 is 3.09. The molecule has 0 bridgehead atoms. The Morgan fingerprint density at radius 1 is 1.19 bits per heavy atom. The molecule has 0 fully saturated rings. The second-order valence-corrected chi connectivity index (χ2v) is 4.69. The number of phenols is 2. The zero-order valence-corrected chi connectivity index (χ0v) is 12.8. The van der Waals surface area contributed by atoms with Gasteiger partial charge in [-0.2, -0.15) is 13.9 Å². The highest BCUT2D eigenvalue weighted by Gasteiger charge is 2.11. The van der Waals surface area contributed by atoms with Gasteiger partial charge >= 0.3 is 5.69 Å². The molecule has 0 amide bonds. The van der Waals surface area contributed by atoms with Crippen LogP contribution in [0.25, 0.3) is 12.2 Å². The van der Waals surface area contributed by atoms with E-state index in [0.717, 1.165) is 11.4 Å². The van der Waals surface area contributed by atoms with E-state index in [0.29, 0.717) is 5.56 Å². The van der Waals surface area contributed by atoms with Crippen LogP contribution in [0.15, 0.2) is 29.1 Å². The van der Waals surface area contributed by atoms with Crippen LogP contribution >= 0.6 is 0 Å². The highest BCUT2D eigenvalue weighted by molar-refractivity contribution is 5.71. The maximum absolute atomic E-state index is 11.9. The fraction of sp³-hybridized carbons (Fsp3) is 0.200. The van der Waals surface area contributed by atoms with Crippen LogP contribution in [0.2, 0.25) is 0 Å². The summed E-state index contributed by atoms with van der Waals surface area (Å²) in [5, 5.41) is 18.9. The van der Waals surface area contributed by atoms with E-state index >= 15 is 0 Å². The molecular weight excluding hydrogens is 292 g/mol. The molecular formula is C15H17ClN2O3. The Kier molecular flexibility index (Phi) is 5.16. The largest absolute Gasteiger partial charge is 1.00 e. The first kappa shape index (κ1) is 16.8. The van der Waals surface area contributed by atoms with Gasteiger partial charge in [-0.3, -0.25) is 0 Å². The number of halogens is 1. The van der Waals surface area contributed by atoms with Crippen LogP contribution in [0.4, 0.5) is 0 Å². The van der Waals surface area contributed by atoms with Crippen molar-refractivity contribution in [3.05, 3.63) is 51.7 Å². The van der Waals surface area contributed by atoms with Gasteiger partial charge in [0.05, 0.1) is 14.1 Å². The molecule has 0 aliphatic heterocycles. The molecule has 0 saturated carbocycles. The first-order valence-corrected chi connectivity index (χ1v) is 6.17. The molecule has 0 aliphatic carbocycles. The van der Waals surface area contributed by atoms with Gasteiger partial charge in [-0.15, -0.1) is 0 Å². The summed E-state index contributed by atoms with van der Waals surface area (Å²) in [7, 11) is 3.41. The van der Waals surface area contributed by atoms with Crippen LogP contribution in [-0.4, -0.2) is 14.8 Å². The van der Waals surface area contributed by atoms with Crippen LogP contribution in [0.3, 0.4) is 0 Å². The highest BCUT2D eigenvalue weighted by atomic mass is 35.5. The van der Waals surface area contributed by atoms with Crippen molar-refractivity contribution in [3.63, 3.8) is 0 Å². The van der Waals surface area contributed by atoms with E-state index in [4.69, 9.17) is 0 Å². The molecule has 1 aromatic heterocycles. The minimum absolute atomic E-state index is 0. The van der Waals surface area contributed by atoms with E-state index in [1.165, 1.54) is 16.7 Å². The number of benzene rings is 1. The van der Waals surface area contributed by atoms with Crippen molar-refractivity contribution >= 4 is 12.2 Å². The summed E-state index contributed by atoms with van der Waals surface area (Å²) in [5.41, 5.74) is 2.04. The topological polar surface area (TPSA) is 66.3 Å². The van der Waals surface area contributed by atoms with Crippen LogP contribution in [0.5, 0.6) is 11.5 Å². The molecule has 0 atom stereocenters. The highest BCUT2D eigenvalue weighted by Crippen LogP contribution is 2.24. The smallest absolute Gasteiger partial charge is 0.498 e. The Labute approximate surface area is 128 Å². The van der Waals surface area contributed by atoms with Gasteiger partial charge in [-0.25, -0.2) is 0 Å². The molecule has 2 N–H and O–H groups in total. The molecule has 6 heteroatoms. The van der Waals surface area contributed by atoms with E-state index in [-0.39, 0.29) is 29.6 Å². The molecule has 1 aromatic carbocycles. The molecule has 0 spiro atoms. The third-order valence-corrected chi connectivity index (χ3v) is 3.29. The molecule has 112 valence electrons. The van der Waals surface area contributed by atoms with E-state index in [2.05, 4.69) is 0 Å². The molecule has 0 unspecified atom stereocenters. The number of rotatable bonds is 2. The fourth-order valence-corrected chi connectivity index (χ4v) is 1.90. The zero-order valence-electron chi connectivity index (χ0n) is 12.0. The van der Waals surface area contributed by atoms with Gasteiger partial charge in [0.1, 0.15) is 22.9 Å². The number of nitrogens with zero attached hydrogens (tertiary/aromatic N) is 2. The lowest BCUT2D eigenvalue weighted by Crippen LogP contribution is -3.00. The zero-order chi connectivity index (χ0) is 14.9. The van der Waals surface area contributed by atoms with E-state index < -0.39 is 0 Å². The summed E-state index contributed by atoms with van der Waals surface area (Å²) in [6.45, 7) is 1.86. The number of aromatic nitrogens is 2. The quantitative estimate of drug-likeness (QED) is 0.637.